The Morgan fingerprint density at radius 1 is 1.11 bits per heavy atom. The molecule has 1 saturated heterocycles. The van der Waals surface area contributed by atoms with Crippen molar-refractivity contribution in [1.82, 2.24) is 4.98 Å². The topological polar surface area (TPSA) is 140 Å². The van der Waals surface area contributed by atoms with Crippen molar-refractivity contribution < 1.29 is 13.2 Å². The summed E-state index contributed by atoms with van der Waals surface area (Å²) in [6, 6.07) is 12.9. The van der Waals surface area contributed by atoms with Gasteiger partial charge in [0, 0.05) is 35.4 Å². The summed E-state index contributed by atoms with van der Waals surface area (Å²) in [7, 11) is -4.00. The number of anilines is 4. The zero-order chi connectivity index (χ0) is 25.5. The number of thiazole rings is 1. The Kier molecular flexibility index (Phi) is 8.04. The molecule has 0 saturated carbocycles. The molecule has 0 aliphatic carbocycles. The van der Waals surface area contributed by atoms with Crippen molar-refractivity contribution in [3.05, 3.63) is 59.1 Å². The van der Waals surface area contributed by atoms with Crippen molar-refractivity contribution in [2.45, 2.75) is 24.2 Å². The third-order valence-electron chi connectivity index (χ3n) is 5.31. The number of halogens is 1. The lowest BCUT2D eigenvalue weighted by Gasteiger charge is -2.30. The number of hydrogen-bond acceptors (Lipinski definition) is 9. The van der Waals surface area contributed by atoms with Crippen LogP contribution in [0.15, 0.2) is 64.0 Å². The zero-order valence-corrected chi connectivity index (χ0v) is 21.3. The smallest absolute Gasteiger partial charge is 0.288 e. The molecule has 0 radical (unpaired) electrons. The molecular formula is C23H22ClN7O3S2. The Morgan fingerprint density at radius 3 is 2.50 bits per heavy atom. The number of hydrazone groups is 1. The average Bonchev–Trinajstić information content (AvgIpc) is 3.39. The normalized spacial score (nSPS) is 14.1. The number of hydrogen-bond donors (Lipinski definition) is 3. The van der Waals surface area contributed by atoms with Crippen molar-refractivity contribution in [3.63, 3.8) is 0 Å². The van der Waals surface area contributed by atoms with Crippen molar-refractivity contribution >= 4 is 66.8 Å². The summed E-state index contributed by atoms with van der Waals surface area (Å²) in [4.78, 5) is 18.3. The van der Waals surface area contributed by atoms with E-state index < -0.39 is 21.6 Å². The molecule has 186 valence electrons. The molecule has 13 heteroatoms. The molecule has 2 heterocycles. The molecule has 1 aliphatic heterocycles. The number of amides is 1. The monoisotopic (exact) mass is 543 g/mol. The third kappa shape index (κ3) is 6.31. The summed E-state index contributed by atoms with van der Waals surface area (Å²) in [5, 5.41) is 18.2. The van der Waals surface area contributed by atoms with Gasteiger partial charge < -0.3 is 4.90 Å². The number of rotatable bonds is 8. The fourth-order valence-electron chi connectivity index (χ4n) is 3.61. The maximum atomic E-state index is 13.4. The first-order chi connectivity index (χ1) is 17.4. The number of nitriles is 1. The fourth-order valence-corrected chi connectivity index (χ4v) is 5.57. The molecule has 0 unspecified atom stereocenters. The summed E-state index contributed by atoms with van der Waals surface area (Å²) in [6.07, 6.45) is 4.55. The highest BCUT2D eigenvalue weighted by Crippen LogP contribution is 2.32. The molecule has 1 aliphatic rings. The SMILES string of the molecule is N#CC(=NNc1ccc(N2CCCCC2)c(S(=O)(=O)Nc2ccc(Cl)cc2)c1)C(=O)Nc1nccs1. The van der Waals surface area contributed by atoms with Crippen LogP contribution >= 0.6 is 22.9 Å². The summed E-state index contributed by atoms with van der Waals surface area (Å²) >= 11 is 7.12. The standard InChI is InChI=1S/C23H22ClN7O3S2/c24-16-4-6-17(7-5-16)30-36(33,34)21-14-18(8-9-20(21)31-11-2-1-3-12-31)28-29-19(15-25)22(32)27-23-26-10-13-35-23/h4-10,13-14,28,30H,1-3,11-12H2,(H,26,27,32). The number of sulfonamides is 1. The lowest BCUT2D eigenvalue weighted by Crippen LogP contribution is -2.31. The van der Waals surface area contributed by atoms with Crippen LogP contribution in [-0.2, 0) is 14.8 Å². The van der Waals surface area contributed by atoms with E-state index in [4.69, 9.17) is 11.6 Å². The predicted octanol–water partition coefficient (Wildman–Crippen LogP) is 4.52. The Balaban J connectivity index is 1.62. The number of nitrogens with zero attached hydrogens (tertiary/aromatic N) is 4. The molecule has 10 nitrogen and oxygen atoms in total. The van der Waals surface area contributed by atoms with Gasteiger partial charge in [0.1, 0.15) is 11.0 Å². The van der Waals surface area contributed by atoms with Crippen LogP contribution in [0.2, 0.25) is 5.02 Å². The van der Waals surface area contributed by atoms with Gasteiger partial charge in [0.15, 0.2) is 5.13 Å². The van der Waals surface area contributed by atoms with E-state index in [9.17, 15) is 18.5 Å². The van der Waals surface area contributed by atoms with Crippen molar-refractivity contribution in [2.75, 3.05) is 33.5 Å². The minimum Gasteiger partial charge on any atom is -0.370 e. The number of benzene rings is 2. The van der Waals surface area contributed by atoms with Gasteiger partial charge in [-0.05, 0) is 61.7 Å². The van der Waals surface area contributed by atoms with E-state index in [0.29, 0.717) is 27.2 Å². The van der Waals surface area contributed by atoms with Gasteiger partial charge in [0.2, 0.25) is 5.71 Å². The van der Waals surface area contributed by atoms with Crippen LogP contribution in [0, 0.1) is 11.3 Å². The van der Waals surface area contributed by atoms with Crippen LogP contribution in [0.5, 0.6) is 0 Å². The Bertz CT molecular complexity index is 1400. The van der Waals surface area contributed by atoms with Gasteiger partial charge >= 0.3 is 0 Å². The summed E-state index contributed by atoms with van der Waals surface area (Å²) in [6.45, 7) is 1.48. The lowest BCUT2D eigenvalue weighted by atomic mass is 10.1. The highest BCUT2D eigenvalue weighted by Gasteiger charge is 2.24. The number of carbonyl (C=O) groups excluding carboxylic acids is 1. The van der Waals surface area contributed by atoms with Crippen LogP contribution in [0.3, 0.4) is 0 Å². The summed E-state index contributed by atoms with van der Waals surface area (Å²) < 4.78 is 29.4. The molecule has 1 aromatic heterocycles. The summed E-state index contributed by atoms with van der Waals surface area (Å²) in [5.74, 6) is -0.734. The van der Waals surface area contributed by atoms with E-state index in [1.165, 1.54) is 23.6 Å². The minimum absolute atomic E-state index is 0.0466. The zero-order valence-electron chi connectivity index (χ0n) is 18.9. The van der Waals surface area contributed by atoms with Crippen LogP contribution < -0.4 is 20.4 Å². The molecular weight excluding hydrogens is 522 g/mol. The molecule has 0 bridgehead atoms. The molecule has 0 spiro atoms. The van der Waals surface area contributed by atoms with Gasteiger partial charge in [-0.15, -0.1) is 11.3 Å². The number of nitrogens with one attached hydrogen (secondary N) is 3. The first kappa shape index (κ1) is 25.4. The second-order valence-corrected chi connectivity index (χ2v) is 10.8. The lowest BCUT2D eigenvalue weighted by molar-refractivity contribution is -0.110. The van der Waals surface area contributed by atoms with E-state index in [2.05, 4.69) is 25.6 Å². The van der Waals surface area contributed by atoms with Gasteiger partial charge in [-0.2, -0.15) is 10.4 Å². The van der Waals surface area contributed by atoms with E-state index >= 15 is 0 Å². The number of piperidine rings is 1. The second kappa shape index (κ2) is 11.4. The van der Waals surface area contributed by atoms with E-state index in [0.717, 1.165) is 32.4 Å². The maximum Gasteiger partial charge on any atom is 0.288 e. The van der Waals surface area contributed by atoms with Gasteiger partial charge in [-0.25, -0.2) is 13.4 Å². The molecule has 3 aromatic rings. The van der Waals surface area contributed by atoms with Gasteiger partial charge in [-0.1, -0.05) is 11.6 Å². The largest absolute Gasteiger partial charge is 0.370 e. The van der Waals surface area contributed by atoms with Crippen molar-refractivity contribution in [1.29, 1.82) is 5.26 Å². The first-order valence-electron chi connectivity index (χ1n) is 11.0. The molecule has 1 fully saturated rings. The van der Waals surface area contributed by atoms with E-state index in [1.807, 2.05) is 4.90 Å². The molecule has 3 N–H and O–H groups in total. The number of carbonyl (C=O) groups is 1. The number of aromatic nitrogens is 1. The highest BCUT2D eigenvalue weighted by atomic mass is 35.5. The quantitative estimate of drug-likeness (QED) is 0.280. The molecule has 2 aromatic carbocycles. The van der Waals surface area contributed by atoms with Gasteiger partial charge in [0.25, 0.3) is 15.9 Å². The predicted molar refractivity (Wildman–Crippen MR) is 142 cm³/mol. The molecule has 0 atom stereocenters. The van der Waals surface area contributed by atoms with E-state index in [1.54, 1.807) is 47.8 Å². The van der Waals surface area contributed by atoms with E-state index in [-0.39, 0.29) is 4.90 Å². The Labute approximate surface area is 217 Å². The highest BCUT2D eigenvalue weighted by molar-refractivity contribution is 7.92. The van der Waals surface area contributed by atoms with Gasteiger partial charge in [0.05, 0.1) is 11.4 Å². The van der Waals surface area contributed by atoms with Crippen LogP contribution in [-0.4, -0.2) is 38.1 Å². The Morgan fingerprint density at radius 2 is 1.83 bits per heavy atom. The molecule has 4 rings (SSSR count). The van der Waals surface area contributed by atoms with Gasteiger partial charge in [-0.3, -0.25) is 20.3 Å². The van der Waals surface area contributed by atoms with Crippen molar-refractivity contribution in [2.24, 2.45) is 5.10 Å². The van der Waals surface area contributed by atoms with Crippen molar-refractivity contribution in [3.8, 4) is 6.07 Å². The Hall–Kier alpha value is -3.66. The van der Waals surface area contributed by atoms with Crippen LogP contribution in [0.4, 0.5) is 22.2 Å². The minimum atomic E-state index is -4.00. The first-order valence-corrected chi connectivity index (χ1v) is 13.7. The molecule has 1 amide bonds. The average molecular weight is 544 g/mol. The van der Waals surface area contributed by atoms with Crippen LogP contribution in [0.25, 0.3) is 0 Å². The van der Waals surface area contributed by atoms with Crippen LogP contribution in [0.1, 0.15) is 19.3 Å². The fraction of sp³-hybridized carbons (Fsp3) is 0.217. The third-order valence-corrected chi connectivity index (χ3v) is 7.66. The maximum absolute atomic E-state index is 13.4. The summed E-state index contributed by atoms with van der Waals surface area (Å²) in [5.41, 5.74) is 3.42. The molecule has 36 heavy (non-hydrogen) atoms. The second-order valence-electron chi connectivity index (χ2n) is 7.82.